The van der Waals surface area contributed by atoms with Crippen LogP contribution in [0.4, 0.5) is 0 Å². The van der Waals surface area contributed by atoms with E-state index in [9.17, 15) is 4.79 Å². The number of esters is 1. The summed E-state index contributed by atoms with van der Waals surface area (Å²) in [6.07, 6.45) is 1.94. The van der Waals surface area contributed by atoms with Crippen molar-refractivity contribution in [2.45, 2.75) is 76.7 Å². The highest BCUT2D eigenvalue weighted by molar-refractivity contribution is 7.13. The molecule has 3 aliphatic rings. The number of fused-ring (bicyclic) bond motifs is 1. The number of ether oxygens (including phenoxy) is 6. The van der Waals surface area contributed by atoms with E-state index < -0.39 is 11.6 Å². The smallest absolute Gasteiger partial charge is 0.330 e. The Morgan fingerprint density at radius 2 is 1.90 bits per heavy atom. The van der Waals surface area contributed by atoms with Gasteiger partial charge in [-0.25, -0.2) is 4.79 Å². The molecule has 1 aromatic rings. The largest absolute Gasteiger partial charge is 0.463 e. The topological polar surface area (TPSA) is 72.5 Å². The molecular weight excluding hydrogens is 396 g/mol. The summed E-state index contributed by atoms with van der Waals surface area (Å²) < 4.78 is 35.5. The summed E-state index contributed by atoms with van der Waals surface area (Å²) in [7, 11) is 0. The first kappa shape index (κ1) is 21.0. The van der Waals surface area contributed by atoms with E-state index in [1.165, 1.54) is 6.08 Å². The number of rotatable bonds is 5. The highest BCUT2D eigenvalue weighted by atomic mass is 32.1. The van der Waals surface area contributed by atoms with Crippen LogP contribution in [0, 0.1) is 0 Å². The van der Waals surface area contributed by atoms with E-state index >= 15 is 0 Å². The predicted molar refractivity (Wildman–Crippen MR) is 106 cm³/mol. The molecule has 3 saturated heterocycles. The number of hydrogen-bond donors (Lipinski definition) is 0. The molecule has 4 rings (SSSR count). The van der Waals surface area contributed by atoms with Crippen molar-refractivity contribution in [1.29, 1.82) is 0 Å². The molecule has 0 aromatic carbocycles. The fraction of sp³-hybridized carbons (Fsp3) is 0.667. The van der Waals surface area contributed by atoms with Gasteiger partial charge in [0.1, 0.15) is 30.5 Å². The average molecular weight is 425 g/mol. The van der Waals surface area contributed by atoms with Crippen molar-refractivity contribution >= 4 is 23.4 Å². The van der Waals surface area contributed by atoms with Crippen LogP contribution in [-0.4, -0.2) is 55.2 Å². The summed E-state index contributed by atoms with van der Waals surface area (Å²) in [5.74, 6) is -1.67. The number of thiophene rings is 1. The zero-order valence-corrected chi connectivity index (χ0v) is 18.2. The van der Waals surface area contributed by atoms with Crippen molar-refractivity contribution < 1.29 is 33.2 Å². The van der Waals surface area contributed by atoms with Crippen molar-refractivity contribution in [3.05, 3.63) is 28.0 Å². The summed E-state index contributed by atoms with van der Waals surface area (Å²) in [6.45, 7) is 10.2. The van der Waals surface area contributed by atoms with Crippen molar-refractivity contribution in [3.63, 3.8) is 0 Å². The summed E-state index contributed by atoms with van der Waals surface area (Å²) in [5.41, 5.74) is 0. The molecule has 5 atom stereocenters. The van der Waals surface area contributed by atoms with Crippen LogP contribution in [0.25, 0.3) is 6.08 Å². The highest BCUT2D eigenvalue weighted by Gasteiger charge is 2.59. The van der Waals surface area contributed by atoms with Gasteiger partial charge < -0.3 is 28.4 Å². The van der Waals surface area contributed by atoms with Gasteiger partial charge in [-0.15, -0.1) is 11.3 Å². The molecule has 1 aromatic heterocycles. The molecule has 0 N–H and O–H groups in total. The molecule has 3 fully saturated rings. The molecule has 0 unspecified atom stereocenters. The maximum Gasteiger partial charge on any atom is 0.330 e. The first-order chi connectivity index (χ1) is 13.7. The number of carbonyl (C=O) groups is 1. The Hall–Kier alpha value is -1.29. The molecule has 8 heteroatoms. The van der Waals surface area contributed by atoms with Crippen LogP contribution < -0.4 is 0 Å². The Kier molecular flexibility index (Phi) is 5.61. The summed E-state index contributed by atoms with van der Waals surface area (Å²) in [4.78, 5) is 13.5. The van der Waals surface area contributed by atoms with E-state index in [1.54, 1.807) is 24.3 Å². The zero-order valence-electron chi connectivity index (χ0n) is 17.4. The minimum absolute atomic E-state index is 0.219. The molecule has 0 spiro atoms. The van der Waals surface area contributed by atoms with Gasteiger partial charge in [-0.05, 0) is 52.8 Å². The zero-order chi connectivity index (χ0) is 20.8. The van der Waals surface area contributed by atoms with Gasteiger partial charge in [0, 0.05) is 15.8 Å². The lowest BCUT2D eigenvalue weighted by molar-refractivity contribution is -0.207. The Bertz CT molecular complexity index is 784. The summed E-state index contributed by atoms with van der Waals surface area (Å²) in [5, 5.41) is 0. The molecule has 0 amide bonds. The second-order valence-electron chi connectivity index (χ2n) is 8.28. The maximum atomic E-state index is 11.6. The van der Waals surface area contributed by atoms with Gasteiger partial charge in [-0.1, -0.05) is 0 Å². The standard InChI is InChI=1S/C21H28O7S/c1-6-23-15(22)10-8-12-7-9-14(29-12)17-19-18(27-21(4,5)28-19)16(25-17)13-11-24-20(2,3)26-13/h7-10,13,16-19H,6,11H2,1-5H3/b10-8+/t13-,16-,17-,18+,19-/m1/s1. The maximum absolute atomic E-state index is 11.6. The van der Waals surface area contributed by atoms with Gasteiger partial charge in [0.2, 0.25) is 0 Å². The Morgan fingerprint density at radius 3 is 2.59 bits per heavy atom. The third kappa shape index (κ3) is 4.42. The van der Waals surface area contributed by atoms with E-state index in [0.29, 0.717) is 13.2 Å². The van der Waals surface area contributed by atoms with E-state index in [-0.39, 0.29) is 36.5 Å². The average Bonchev–Trinajstić information content (AvgIpc) is 3.36. The van der Waals surface area contributed by atoms with E-state index in [0.717, 1.165) is 9.75 Å². The molecule has 0 aliphatic carbocycles. The third-order valence-corrected chi connectivity index (χ3v) is 6.20. The van der Waals surface area contributed by atoms with Crippen molar-refractivity contribution in [3.8, 4) is 0 Å². The molecule has 0 bridgehead atoms. The molecule has 160 valence electrons. The van der Waals surface area contributed by atoms with Crippen molar-refractivity contribution in [2.75, 3.05) is 13.2 Å². The molecule has 29 heavy (non-hydrogen) atoms. The highest BCUT2D eigenvalue weighted by Crippen LogP contribution is 2.48. The van der Waals surface area contributed by atoms with E-state index in [4.69, 9.17) is 28.4 Å². The fourth-order valence-corrected chi connectivity index (χ4v) is 4.97. The van der Waals surface area contributed by atoms with Crippen LogP contribution in [0.2, 0.25) is 0 Å². The first-order valence-electron chi connectivity index (χ1n) is 9.95. The lowest BCUT2D eigenvalue weighted by Crippen LogP contribution is -2.40. The molecule has 4 heterocycles. The lowest BCUT2D eigenvalue weighted by Gasteiger charge is -2.26. The van der Waals surface area contributed by atoms with Crippen LogP contribution in [0.3, 0.4) is 0 Å². The Morgan fingerprint density at radius 1 is 1.14 bits per heavy atom. The molecule has 3 aliphatic heterocycles. The van der Waals surface area contributed by atoms with E-state index in [1.807, 2.05) is 39.8 Å². The lowest BCUT2D eigenvalue weighted by atomic mass is 10.0. The van der Waals surface area contributed by atoms with Crippen LogP contribution in [0.15, 0.2) is 18.2 Å². The molecule has 0 radical (unpaired) electrons. The van der Waals surface area contributed by atoms with Crippen LogP contribution in [0.5, 0.6) is 0 Å². The fourth-order valence-electron chi connectivity index (χ4n) is 3.99. The second kappa shape index (κ2) is 7.76. The van der Waals surface area contributed by atoms with Gasteiger partial charge in [0.25, 0.3) is 0 Å². The van der Waals surface area contributed by atoms with Gasteiger partial charge in [0.15, 0.2) is 11.6 Å². The molecule has 0 saturated carbocycles. The molecular formula is C21H28O7S. The predicted octanol–water partition coefficient (Wildman–Crippen LogP) is 3.44. The minimum Gasteiger partial charge on any atom is -0.463 e. The normalized spacial score (nSPS) is 35.3. The van der Waals surface area contributed by atoms with Gasteiger partial charge in [0.05, 0.1) is 13.2 Å². The minimum atomic E-state index is -0.686. The monoisotopic (exact) mass is 424 g/mol. The first-order valence-corrected chi connectivity index (χ1v) is 10.8. The van der Waals surface area contributed by atoms with Gasteiger partial charge in [-0.2, -0.15) is 0 Å². The Balaban J connectivity index is 1.52. The van der Waals surface area contributed by atoms with E-state index in [2.05, 4.69) is 0 Å². The Labute approximate surface area is 174 Å². The molecule has 7 nitrogen and oxygen atoms in total. The number of carbonyl (C=O) groups excluding carboxylic acids is 1. The second-order valence-corrected chi connectivity index (χ2v) is 9.43. The van der Waals surface area contributed by atoms with Crippen molar-refractivity contribution in [2.24, 2.45) is 0 Å². The summed E-state index contributed by atoms with van der Waals surface area (Å²) in [6, 6.07) is 3.96. The van der Waals surface area contributed by atoms with Gasteiger partial charge >= 0.3 is 5.97 Å². The quantitative estimate of drug-likeness (QED) is 0.530. The summed E-state index contributed by atoms with van der Waals surface area (Å²) >= 11 is 1.56. The van der Waals surface area contributed by atoms with Gasteiger partial charge in [-0.3, -0.25) is 0 Å². The van der Waals surface area contributed by atoms with Crippen molar-refractivity contribution in [1.82, 2.24) is 0 Å². The van der Waals surface area contributed by atoms with Crippen LogP contribution in [0.1, 0.15) is 50.5 Å². The third-order valence-electron chi connectivity index (χ3n) is 5.08. The van der Waals surface area contributed by atoms with Crippen LogP contribution >= 0.6 is 11.3 Å². The van der Waals surface area contributed by atoms with Crippen LogP contribution in [-0.2, 0) is 33.2 Å². The SMILES string of the molecule is CCOC(=O)/C=C/c1ccc([C@H]2O[C@H]([C@H]3COC(C)(C)O3)[C@@H]3OC(C)(C)O[C@@H]32)s1. The number of hydrogen-bond acceptors (Lipinski definition) is 8.